The van der Waals surface area contributed by atoms with Crippen molar-refractivity contribution in [2.75, 3.05) is 11.8 Å². The highest BCUT2D eigenvalue weighted by Crippen LogP contribution is 1.88. The van der Waals surface area contributed by atoms with Crippen molar-refractivity contribution in [3.63, 3.8) is 0 Å². The number of amides is 2. The molecule has 0 fully saturated rings. The number of halogens is 2. The van der Waals surface area contributed by atoms with Gasteiger partial charge in [-0.15, -0.1) is 23.2 Å². The van der Waals surface area contributed by atoms with Crippen molar-refractivity contribution in [3.8, 4) is 0 Å². The van der Waals surface area contributed by atoms with Crippen molar-refractivity contribution in [2.45, 2.75) is 0 Å². The van der Waals surface area contributed by atoms with Gasteiger partial charge >= 0.3 is 0 Å². The van der Waals surface area contributed by atoms with Crippen LogP contribution >= 0.6 is 23.2 Å². The van der Waals surface area contributed by atoms with Crippen LogP contribution in [-0.2, 0) is 9.59 Å². The summed E-state index contributed by atoms with van der Waals surface area (Å²) in [7, 11) is 0. The molecule has 0 radical (unpaired) electrons. The van der Waals surface area contributed by atoms with Crippen LogP contribution in [0.15, 0.2) is 0 Å². The Morgan fingerprint density at radius 3 is 1.70 bits per heavy atom. The maximum absolute atomic E-state index is 10.5. The van der Waals surface area contributed by atoms with Crippen molar-refractivity contribution in [2.24, 2.45) is 5.84 Å². The first-order valence-electron chi connectivity index (χ1n) is 2.36. The Morgan fingerprint density at radius 2 is 1.50 bits per heavy atom. The Morgan fingerprint density at radius 1 is 1.20 bits per heavy atom. The molecule has 0 saturated heterocycles. The minimum absolute atomic E-state index is 0.320. The molecule has 0 unspecified atom stereocenters. The van der Waals surface area contributed by atoms with Crippen LogP contribution in [0.2, 0.25) is 0 Å². The molecular formula is C4H6Cl2N2O2. The van der Waals surface area contributed by atoms with Gasteiger partial charge in [0.05, 0.1) is 0 Å². The third kappa shape index (κ3) is 2.51. The zero-order valence-electron chi connectivity index (χ0n) is 5.01. The van der Waals surface area contributed by atoms with Gasteiger partial charge in [-0.05, 0) is 0 Å². The summed E-state index contributed by atoms with van der Waals surface area (Å²) in [5.41, 5.74) is 0. The zero-order valence-corrected chi connectivity index (χ0v) is 6.52. The average Bonchev–Trinajstić information content (AvgIpc) is 2.00. The molecule has 6 heteroatoms. The maximum atomic E-state index is 10.5. The molecule has 4 nitrogen and oxygen atoms in total. The number of nitrogens with zero attached hydrogens (tertiary/aromatic N) is 1. The predicted octanol–water partition coefficient (Wildman–Crippen LogP) is -0.307. The summed E-state index contributed by atoms with van der Waals surface area (Å²) in [6.07, 6.45) is 0. The van der Waals surface area contributed by atoms with Crippen molar-refractivity contribution in [1.29, 1.82) is 0 Å². The molecule has 58 valence electrons. The number of carbonyl (C=O) groups is 2. The van der Waals surface area contributed by atoms with Crippen LogP contribution in [0.5, 0.6) is 0 Å². The van der Waals surface area contributed by atoms with Gasteiger partial charge in [-0.2, -0.15) is 0 Å². The number of rotatable bonds is 2. The van der Waals surface area contributed by atoms with Crippen LogP contribution in [0.1, 0.15) is 0 Å². The minimum atomic E-state index is -0.660. The van der Waals surface area contributed by atoms with Crippen LogP contribution in [-0.4, -0.2) is 28.6 Å². The first-order valence-corrected chi connectivity index (χ1v) is 3.42. The lowest BCUT2D eigenvalue weighted by atomic mass is 10.6. The molecule has 0 aromatic heterocycles. The van der Waals surface area contributed by atoms with Gasteiger partial charge < -0.3 is 0 Å². The molecule has 0 spiro atoms. The molecule has 0 aliphatic heterocycles. The molecule has 0 aromatic rings. The SMILES string of the molecule is NN(C(=O)CCl)C(=O)CCl. The van der Waals surface area contributed by atoms with Gasteiger partial charge in [-0.3, -0.25) is 9.59 Å². The summed E-state index contributed by atoms with van der Waals surface area (Å²) in [5.74, 6) is 2.99. The summed E-state index contributed by atoms with van der Waals surface area (Å²) in [5, 5.41) is 0.403. The first kappa shape index (κ1) is 9.68. The number of hydrogen-bond donors (Lipinski definition) is 1. The number of imide groups is 1. The molecule has 0 saturated carbocycles. The normalized spacial score (nSPS) is 9.10. The molecule has 0 aliphatic rings. The van der Waals surface area contributed by atoms with Crippen molar-refractivity contribution in [1.82, 2.24) is 5.01 Å². The van der Waals surface area contributed by atoms with Gasteiger partial charge in [0.2, 0.25) is 0 Å². The van der Waals surface area contributed by atoms with Crippen LogP contribution in [0.3, 0.4) is 0 Å². The van der Waals surface area contributed by atoms with Gasteiger partial charge in [-0.1, -0.05) is 0 Å². The Labute approximate surface area is 67.8 Å². The van der Waals surface area contributed by atoms with Gasteiger partial charge in [-0.25, -0.2) is 10.9 Å². The lowest BCUT2D eigenvalue weighted by Crippen LogP contribution is -2.44. The molecular weight excluding hydrogens is 179 g/mol. The Hall–Kier alpha value is -0.320. The quantitative estimate of drug-likeness (QED) is 0.278. The number of hydrogen-bond acceptors (Lipinski definition) is 3. The van der Waals surface area contributed by atoms with Gasteiger partial charge in [0.1, 0.15) is 11.8 Å². The van der Waals surface area contributed by atoms with E-state index in [4.69, 9.17) is 29.0 Å². The zero-order chi connectivity index (χ0) is 8.15. The van der Waals surface area contributed by atoms with Gasteiger partial charge in [0.15, 0.2) is 0 Å². The predicted molar refractivity (Wildman–Crippen MR) is 37.5 cm³/mol. The van der Waals surface area contributed by atoms with E-state index < -0.39 is 11.8 Å². The second kappa shape index (κ2) is 4.49. The van der Waals surface area contributed by atoms with E-state index in [1.165, 1.54) is 0 Å². The second-order valence-corrected chi connectivity index (χ2v) is 1.96. The van der Waals surface area contributed by atoms with E-state index in [2.05, 4.69) is 0 Å². The monoisotopic (exact) mass is 184 g/mol. The van der Waals surface area contributed by atoms with E-state index in [9.17, 15) is 9.59 Å². The lowest BCUT2D eigenvalue weighted by molar-refractivity contribution is -0.141. The summed E-state index contributed by atoms with van der Waals surface area (Å²) in [4.78, 5) is 21.0. The molecule has 0 rings (SSSR count). The second-order valence-electron chi connectivity index (χ2n) is 1.42. The van der Waals surface area contributed by atoms with E-state index in [1.54, 1.807) is 0 Å². The fourth-order valence-electron chi connectivity index (χ4n) is 0.268. The number of alkyl halides is 2. The van der Waals surface area contributed by atoms with Crippen molar-refractivity contribution in [3.05, 3.63) is 0 Å². The van der Waals surface area contributed by atoms with Crippen molar-refractivity contribution >= 4 is 35.0 Å². The molecule has 0 aliphatic carbocycles. The fraction of sp³-hybridized carbons (Fsp3) is 0.500. The first-order chi connectivity index (χ1) is 4.63. The standard InChI is InChI=1S/C4H6Cl2N2O2/c5-1-3(9)8(7)4(10)2-6/h1-2,7H2. The Bertz CT molecular complexity index is 134. The highest BCUT2D eigenvalue weighted by molar-refractivity contribution is 6.31. The Kier molecular flexibility index (Phi) is 4.34. The van der Waals surface area contributed by atoms with Crippen molar-refractivity contribution < 1.29 is 9.59 Å². The number of hydrazine groups is 1. The molecule has 0 bridgehead atoms. The van der Waals surface area contributed by atoms with E-state index in [1.807, 2.05) is 0 Å². The topological polar surface area (TPSA) is 63.4 Å². The minimum Gasteiger partial charge on any atom is -0.272 e. The fourth-order valence-corrected chi connectivity index (χ4v) is 0.525. The third-order valence-electron chi connectivity index (χ3n) is 0.766. The van der Waals surface area contributed by atoms with E-state index in [0.29, 0.717) is 5.01 Å². The van der Waals surface area contributed by atoms with Gasteiger partial charge in [0, 0.05) is 0 Å². The maximum Gasteiger partial charge on any atom is 0.258 e. The highest BCUT2D eigenvalue weighted by Gasteiger charge is 2.14. The van der Waals surface area contributed by atoms with E-state index >= 15 is 0 Å². The van der Waals surface area contributed by atoms with Crippen LogP contribution in [0, 0.1) is 0 Å². The number of nitrogens with two attached hydrogens (primary N) is 1. The molecule has 10 heavy (non-hydrogen) atoms. The summed E-state index contributed by atoms with van der Waals surface area (Å²) < 4.78 is 0. The molecule has 2 amide bonds. The average molecular weight is 185 g/mol. The molecule has 0 heterocycles. The van der Waals surface area contributed by atoms with Gasteiger partial charge in [0.25, 0.3) is 11.8 Å². The van der Waals surface area contributed by atoms with Crippen LogP contribution in [0.4, 0.5) is 0 Å². The third-order valence-corrected chi connectivity index (χ3v) is 1.22. The summed E-state index contributed by atoms with van der Waals surface area (Å²) >= 11 is 10.2. The largest absolute Gasteiger partial charge is 0.272 e. The van der Waals surface area contributed by atoms with E-state index in [-0.39, 0.29) is 11.8 Å². The Balaban J connectivity index is 3.94. The summed E-state index contributed by atoms with van der Waals surface area (Å²) in [6, 6.07) is 0. The molecule has 0 atom stereocenters. The smallest absolute Gasteiger partial charge is 0.258 e. The molecule has 2 N–H and O–H groups in total. The van der Waals surface area contributed by atoms with E-state index in [0.717, 1.165) is 0 Å². The van der Waals surface area contributed by atoms with Crippen LogP contribution < -0.4 is 5.84 Å². The number of carbonyl (C=O) groups excluding carboxylic acids is 2. The summed E-state index contributed by atoms with van der Waals surface area (Å²) in [6.45, 7) is 0. The van der Waals surface area contributed by atoms with Crippen LogP contribution in [0.25, 0.3) is 0 Å². The molecule has 0 aromatic carbocycles. The highest BCUT2D eigenvalue weighted by atomic mass is 35.5. The lowest BCUT2D eigenvalue weighted by Gasteiger charge is -2.09.